The number of hydrogen-bond acceptors (Lipinski definition) is 6. The number of unbranched alkanes of at least 4 members (excludes halogenated alkanes) is 1. The minimum Gasteiger partial charge on any atom is -0.370 e. The van der Waals surface area contributed by atoms with Crippen LogP contribution in [0.25, 0.3) is 0 Å². The van der Waals surface area contributed by atoms with Crippen molar-refractivity contribution in [3.63, 3.8) is 0 Å². The summed E-state index contributed by atoms with van der Waals surface area (Å²) in [4.78, 5) is 13.7. The van der Waals surface area contributed by atoms with Gasteiger partial charge in [0, 0.05) is 37.8 Å². The maximum Gasteiger partial charge on any atom is 0.223 e. The van der Waals surface area contributed by atoms with Crippen molar-refractivity contribution < 1.29 is 0 Å². The molecule has 3 N–H and O–H groups in total. The standard InChI is InChI=1S/C16H28N6/c1-3-4-8-18-14-10-15(20-16(17)19-14)22-9-7-12-5-6-13(11-22)21(12)2/h10,12-13H,3-9,11H2,1-2H3,(H3,17,18,19,20)/t12-,13+/m1/s1. The lowest BCUT2D eigenvalue weighted by Gasteiger charge is -2.27. The van der Waals surface area contributed by atoms with Crippen molar-refractivity contribution in [2.75, 3.05) is 42.6 Å². The third-order valence-electron chi connectivity index (χ3n) is 5.04. The average molecular weight is 304 g/mol. The van der Waals surface area contributed by atoms with Crippen molar-refractivity contribution in [1.82, 2.24) is 14.9 Å². The summed E-state index contributed by atoms with van der Waals surface area (Å²) in [6.45, 7) is 5.21. The van der Waals surface area contributed by atoms with E-state index in [0.717, 1.165) is 43.7 Å². The van der Waals surface area contributed by atoms with Gasteiger partial charge in [-0.25, -0.2) is 0 Å². The summed E-state index contributed by atoms with van der Waals surface area (Å²) >= 11 is 0. The Kier molecular flexibility index (Phi) is 4.66. The molecular weight excluding hydrogens is 276 g/mol. The van der Waals surface area contributed by atoms with Crippen LogP contribution in [-0.2, 0) is 0 Å². The van der Waals surface area contributed by atoms with Crippen LogP contribution in [0, 0.1) is 0 Å². The second-order valence-corrected chi connectivity index (χ2v) is 6.54. The minimum atomic E-state index is 0.360. The molecule has 0 aliphatic carbocycles. The van der Waals surface area contributed by atoms with Crippen LogP contribution >= 0.6 is 0 Å². The van der Waals surface area contributed by atoms with Gasteiger partial charge in [-0.15, -0.1) is 0 Å². The Balaban J connectivity index is 1.73. The highest BCUT2D eigenvalue weighted by Crippen LogP contribution is 2.30. The lowest BCUT2D eigenvalue weighted by molar-refractivity contribution is 0.254. The Morgan fingerprint density at radius 2 is 2.09 bits per heavy atom. The molecule has 0 spiro atoms. The maximum absolute atomic E-state index is 5.91. The first kappa shape index (κ1) is 15.3. The molecule has 0 unspecified atom stereocenters. The lowest BCUT2D eigenvalue weighted by atomic mass is 10.1. The molecule has 6 heteroatoms. The molecule has 2 aliphatic rings. The Hall–Kier alpha value is -1.56. The van der Waals surface area contributed by atoms with Crippen LogP contribution < -0.4 is 16.0 Å². The average Bonchev–Trinajstić information content (AvgIpc) is 2.72. The van der Waals surface area contributed by atoms with E-state index in [1.807, 2.05) is 6.07 Å². The molecule has 0 saturated carbocycles. The van der Waals surface area contributed by atoms with Crippen LogP contribution in [0.2, 0.25) is 0 Å². The molecule has 1 aromatic rings. The smallest absolute Gasteiger partial charge is 0.223 e. The van der Waals surface area contributed by atoms with E-state index in [2.05, 4.69) is 39.1 Å². The molecular formula is C16H28N6. The van der Waals surface area contributed by atoms with E-state index in [1.54, 1.807) is 0 Å². The number of hydrogen-bond donors (Lipinski definition) is 2. The summed E-state index contributed by atoms with van der Waals surface area (Å²) < 4.78 is 0. The van der Waals surface area contributed by atoms with E-state index in [4.69, 9.17) is 5.73 Å². The van der Waals surface area contributed by atoms with Crippen LogP contribution in [0.5, 0.6) is 0 Å². The number of likely N-dealkylation sites (N-methyl/N-ethyl adjacent to an activating group) is 1. The number of anilines is 3. The number of aromatic nitrogens is 2. The van der Waals surface area contributed by atoms with Gasteiger partial charge in [0.1, 0.15) is 11.6 Å². The van der Waals surface area contributed by atoms with E-state index >= 15 is 0 Å². The zero-order valence-electron chi connectivity index (χ0n) is 13.8. The van der Waals surface area contributed by atoms with Gasteiger partial charge in [-0.3, -0.25) is 4.90 Å². The third kappa shape index (κ3) is 3.27. The van der Waals surface area contributed by atoms with E-state index in [1.165, 1.54) is 25.7 Å². The molecule has 3 rings (SSSR count). The van der Waals surface area contributed by atoms with Crippen LogP contribution in [0.3, 0.4) is 0 Å². The van der Waals surface area contributed by atoms with E-state index in [-0.39, 0.29) is 0 Å². The van der Waals surface area contributed by atoms with Crippen molar-refractivity contribution in [1.29, 1.82) is 0 Å². The molecule has 3 heterocycles. The zero-order chi connectivity index (χ0) is 15.5. The Labute approximate surface area is 133 Å². The number of nitrogens with zero attached hydrogens (tertiary/aromatic N) is 4. The highest BCUT2D eigenvalue weighted by molar-refractivity contribution is 5.53. The number of nitrogens with one attached hydrogen (secondary N) is 1. The zero-order valence-corrected chi connectivity index (χ0v) is 13.8. The number of nitrogens with two attached hydrogens (primary N) is 1. The van der Waals surface area contributed by atoms with Gasteiger partial charge in [-0.1, -0.05) is 13.3 Å². The third-order valence-corrected chi connectivity index (χ3v) is 5.04. The van der Waals surface area contributed by atoms with Crippen molar-refractivity contribution in [3.8, 4) is 0 Å². The Bertz CT molecular complexity index is 505. The minimum absolute atomic E-state index is 0.360. The van der Waals surface area contributed by atoms with Crippen LogP contribution in [0.1, 0.15) is 39.0 Å². The molecule has 2 fully saturated rings. The van der Waals surface area contributed by atoms with E-state index in [9.17, 15) is 0 Å². The van der Waals surface area contributed by atoms with Crippen molar-refractivity contribution >= 4 is 17.6 Å². The molecule has 0 amide bonds. The summed E-state index contributed by atoms with van der Waals surface area (Å²) in [7, 11) is 2.26. The van der Waals surface area contributed by atoms with Gasteiger partial charge in [0.25, 0.3) is 0 Å². The van der Waals surface area contributed by atoms with Gasteiger partial charge in [-0.05, 0) is 32.7 Å². The van der Waals surface area contributed by atoms with Gasteiger partial charge in [0.2, 0.25) is 5.95 Å². The fraction of sp³-hybridized carbons (Fsp3) is 0.750. The predicted octanol–water partition coefficient (Wildman–Crippen LogP) is 1.94. The normalized spacial score (nSPS) is 25.3. The molecule has 2 atom stereocenters. The largest absolute Gasteiger partial charge is 0.370 e. The van der Waals surface area contributed by atoms with Crippen LogP contribution in [0.4, 0.5) is 17.6 Å². The van der Waals surface area contributed by atoms with Gasteiger partial charge in [0.15, 0.2) is 0 Å². The molecule has 0 aromatic carbocycles. The molecule has 2 aliphatic heterocycles. The molecule has 0 radical (unpaired) electrons. The van der Waals surface area contributed by atoms with Gasteiger partial charge >= 0.3 is 0 Å². The second-order valence-electron chi connectivity index (χ2n) is 6.54. The molecule has 122 valence electrons. The van der Waals surface area contributed by atoms with E-state index < -0.39 is 0 Å². The van der Waals surface area contributed by atoms with Crippen LogP contribution in [-0.4, -0.2) is 53.6 Å². The second kappa shape index (κ2) is 6.69. The van der Waals surface area contributed by atoms with Gasteiger partial charge in [-0.2, -0.15) is 9.97 Å². The highest BCUT2D eigenvalue weighted by Gasteiger charge is 2.35. The SMILES string of the molecule is CCCCNc1cc(N2CC[C@H]3CC[C@@H](C2)N3C)nc(N)n1. The molecule has 22 heavy (non-hydrogen) atoms. The maximum atomic E-state index is 5.91. The summed E-state index contributed by atoms with van der Waals surface area (Å²) in [5, 5.41) is 3.36. The highest BCUT2D eigenvalue weighted by atomic mass is 15.3. The summed E-state index contributed by atoms with van der Waals surface area (Å²) in [5.74, 6) is 2.17. The van der Waals surface area contributed by atoms with Crippen molar-refractivity contribution in [3.05, 3.63) is 6.07 Å². The quantitative estimate of drug-likeness (QED) is 0.810. The Morgan fingerprint density at radius 1 is 1.27 bits per heavy atom. The predicted molar refractivity (Wildman–Crippen MR) is 91.2 cm³/mol. The number of nitrogen functional groups attached to an aromatic ring is 1. The Morgan fingerprint density at radius 3 is 2.91 bits per heavy atom. The number of rotatable bonds is 5. The summed E-state index contributed by atoms with van der Waals surface area (Å²) in [6.07, 6.45) is 6.14. The molecule has 6 nitrogen and oxygen atoms in total. The molecule has 2 saturated heterocycles. The van der Waals surface area contributed by atoms with Gasteiger partial charge in [0.05, 0.1) is 0 Å². The summed E-state index contributed by atoms with van der Waals surface area (Å²) in [5.41, 5.74) is 5.91. The van der Waals surface area contributed by atoms with Gasteiger partial charge < -0.3 is 16.0 Å². The fourth-order valence-corrected chi connectivity index (χ4v) is 3.62. The monoisotopic (exact) mass is 304 g/mol. The summed E-state index contributed by atoms with van der Waals surface area (Å²) in [6, 6.07) is 3.42. The van der Waals surface area contributed by atoms with Crippen LogP contribution in [0.15, 0.2) is 6.07 Å². The van der Waals surface area contributed by atoms with Crippen molar-refractivity contribution in [2.24, 2.45) is 0 Å². The molecule has 1 aromatic heterocycles. The first-order valence-corrected chi connectivity index (χ1v) is 8.52. The van der Waals surface area contributed by atoms with Crippen molar-refractivity contribution in [2.45, 2.75) is 51.1 Å². The lowest BCUT2D eigenvalue weighted by Crippen LogP contribution is -2.37. The van der Waals surface area contributed by atoms with E-state index in [0.29, 0.717) is 12.0 Å². The molecule has 2 bridgehead atoms. The first-order chi connectivity index (χ1) is 10.7. The first-order valence-electron chi connectivity index (χ1n) is 8.52. The number of fused-ring (bicyclic) bond motifs is 2. The fourth-order valence-electron chi connectivity index (χ4n) is 3.62. The topological polar surface area (TPSA) is 70.3 Å².